The molecule has 86 valence electrons. The van der Waals surface area contributed by atoms with E-state index in [1.807, 2.05) is 11.8 Å². The summed E-state index contributed by atoms with van der Waals surface area (Å²) in [6, 6.07) is 0.214. The van der Waals surface area contributed by atoms with E-state index in [-0.39, 0.29) is 11.9 Å². The van der Waals surface area contributed by atoms with E-state index in [1.165, 1.54) is 0 Å². The average Bonchev–Trinajstić information content (AvgIpc) is 2.09. The third-order valence-electron chi connectivity index (χ3n) is 3.32. The second-order valence-corrected chi connectivity index (χ2v) is 4.68. The molecule has 1 heterocycles. The van der Waals surface area contributed by atoms with Crippen LogP contribution in [0, 0.1) is 5.92 Å². The van der Waals surface area contributed by atoms with Crippen LogP contribution in [0.3, 0.4) is 0 Å². The Hall–Kier alpha value is -0.610. The Labute approximate surface area is 90.8 Å². The van der Waals surface area contributed by atoms with Crippen molar-refractivity contribution < 1.29 is 9.53 Å². The summed E-state index contributed by atoms with van der Waals surface area (Å²) < 4.78 is 5.46. The van der Waals surface area contributed by atoms with Crippen LogP contribution < -0.4 is 5.73 Å². The lowest BCUT2D eigenvalue weighted by Crippen LogP contribution is -2.58. The van der Waals surface area contributed by atoms with Crippen molar-refractivity contribution in [2.45, 2.75) is 38.3 Å². The molecule has 0 radical (unpaired) electrons. The van der Waals surface area contributed by atoms with E-state index in [9.17, 15) is 4.79 Å². The molecule has 0 spiro atoms. The number of carbonyl (C=O) groups excluding carboxylic acids is 1. The zero-order valence-corrected chi connectivity index (χ0v) is 9.32. The summed E-state index contributed by atoms with van der Waals surface area (Å²) in [7, 11) is 0. The summed E-state index contributed by atoms with van der Waals surface area (Å²) in [4.78, 5) is 13.5. The molecule has 1 saturated heterocycles. The van der Waals surface area contributed by atoms with Gasteiger partial charge in [-0.25, -0.2) is 0 Å². The van der Waals surface area contributed by atoms with Gasteiger partial charge in [-0.3, -0.25) is 4.79 Å². The first kappa shape index (κ1) is 10.9. The zero-order chi connectivity index (χ0) is 10.8. The number of amides is 1. The second kappa shape index (κ2) is 4.49. The Balaban J connectivity index is 1.61. The van der Waals surface area contributed by atoms with Crippen LogP contribution in [-0.2, 0) is 9.53 Å². The molecule has 1 aliphatic heterocycles. The van der Waals surface area contributed by atoms with E-state index >= 15 is 0 Å². The predicted octanol–water partition coefficient (Wildman–Crippen LogP) is 0.361. The number of hydrogen-bond donors (Lipinski definition) is 1. The Bertz CT molecular complexity index is 233. The number of hydrogen-bond acceptors (Lipinski definition) is 3. The Morgan fingerprint density at radius 1 is 1.47 bits per heavy atom. The van der Waals surface area contributed by atoms with Crippen LogP contribution in [0.25, 0.3) is 0 Å². The van der Waals surface area contributed by atoms with Crippen molar-refractivity contribution in [3.8, 4) is 0 Å². The Morgan fingerprint density at radius 2 is 2.13 bits per heavy atom. The first-order valence-corrected chi connectivity index (χ1v) is 5.84. The molecule has 4 nitrogen and oxygen atoms in total. The molecular weight excluding hydrogens is 192 g/mol. The van der Waals surface area contributed by atoms with Gasteiger partial charge < -0.3 is 15.4 Å². The van der Waals surface area contributed by atoms with E-state index in [2.05, 4.69) is 0 Å². The molecule has 0 aromatic heterocycles. The SMILES string of the molecule is CCOC1CC(CC(=O)N2CC(N)C2)C1. The molecule has 0 unspecified atom stereocenters. The lowest BCUT2D eigenvalue weighted by atomic mass is 9.79. The van der Waals surface area contributed by atoms with Crippen molar-refractivity contribution in [1.82, 2.24) is 4.90 Å². The fourth-order valence-electron chi connectivity index (χ4n) is 2.31. The third-order valence-corrected chi connectivity index (χ3v) is 3.32. The van der Waals surface area contributed by atoms with Gasteiger partial charge in [-0.2, -0.15) is 0 Å². The van der Waals surface area contributed by atoms with Crippen LogP contribution in [0.4, 0.5) is 0 Å². The predicted molar refractivity (Wildman–Crippen MR) is 57.3 cm³/mol. The van der Waals surface area contributed by atoms with Gasteiger partial charge in [-0.05, 0) is 25.7 Å². The van der Waals surface area contributed by atoms with Crippen molar-refractivity contribution in [3.63, 3.8) is 0 Å². The molecular formula is C11H20N2O2. The van der Waals surface area contributed by atoms with E-state index in [4.69, 9.17) is 10.5 Å². The molecule has 2 rings (SSSR count). The van der Waals surface area contributed by atoms with Gasteiger partial charge in [0, 0.05) is 32.2 Å². The van der Waals surface area contributed by atoms with Crippen molar-refractivity contribution in [2.75, 3.05) is 19.7 Å². The quantitative estimate of drug-likeness (QED) is 0.732. The van der Waals surface area contributed by atoms with E-state index < -0.39 is 0 Å². The maximum absolute atomic E-state index is 11.7. The topological polar surface area (TPSA) is 55.6 Å². The van der Waals surface area contributed by atoms with Crippen molar-refractivity contribution in [1.29, 1.82) is 0 Å². The summed E-state index contributed by atoms with van der Waals surface area (Å²) in [5, 5.41) is 0. The minimum Gasteiger partial charge on any atom is -0.378 e. The first-order valence-electron chi connectivity index (χ1n) is 5.84. The lowest BCUT2D eigenvalue weighted by molar-refractivity contribution is -0.138. The highest BCUT2D eigenvalue weighted by Gasteiger charge is 2.34. The van der Waals surface area contributed by atoms with Crippen molar-refractivity contribution in [3.05, 3.63) is 0 Å². The number of nitrogens with zero attached hydrogens (tertiary/aromatic N) is 1. The highest BCUT2D eigenvalue weighted by molar-refractivity contribution is 5.77. The maximum Gasteiger partial charge on any atom is 0.222 e. The number of ether oxygens (including phenoxy) is 1. The van der Waals surface area contributed by atoms with Crippen LogP contribution in [0.1, 0.15) is 26.2 Å². The van der Waals surface area contributed by atoms with Crippen LogP contribution in [0.2, 0.25) is 0 Å². The number of likely N-dealkylation sites (tertiary alicyclic amines) is 1. The van der Waals surface area contributed by atoms with Crippen LogP contribution in [-0.4, -0.2) is 42.6 Å². The van der Waals surface area contributed by atoms with Gasteiger partial charge in [0.05, 0.1) is 6.10 Å². The van der Waals surface area contributed by atoms with E-state index in [1.54, 1.807) is 0 Å². The lowest BCUT2D eigenvalue weighted by Gasteiger charge is -2.40. The van der Waals surface area contributed by atoms with Gasteiger partial charge in [0.1, 0.15) is 0 Å². The zero-order valence-electron chi connectivity index (χ0n) is 9.32. The van der Waals surface area contributed by atoms with Gasteiger partial charge >= 0.3 is 0 Å². The largest absolute Gasteiger partial charge is 0.378 e. The van der Waals surface area contributed by atoms with Crippen LogP contribution in [0.5, 0.6) is 0 Å². The minimum atomic E-state index is 0.214. The molecule has 2 aliphatic rings. The Kier molecular flexibility index (Phi) is 3.26. The minimum absolute atomic E-state index is 0.214. The van der Waals surface area contributed by atoms with E-state index in [0.717, 1.165) is 32.5 Å². The molecule has 0 atom stereocenters. The molecule has 1 saturated carbocycles. The maximum atomic E-state index is 11.7. The monoisotopic (exact) mass is 212 g/mol. The molecule has 2 N–H and O–H groups in total. The number of rotatable bonds is 4. The van der Waals surface area contributed by atoms with Gasteiger partial charge in [0.25, 0.3) is 0 Å². The molecule has 0 aromatic carbocycles. The highest BCUT2D eigenvalue weighted by Crippen LogP contribution is 2.33. The third kappa shape index (κ3) is 2.49. The van der Waals surface area contributed by atoms with Gasteiger partial charge in [-0.1, -0.05) is 0 Å². The van der Waals surface area contributed by atoms with Gasteiger partial charge in [0.15, 0.2) is 0 Å². The molecule has 1 aliphatic carbocycles. The first-order chi connectivity index (χ1) is 7.19. The fraction of sp³-hybridized carbons (Fsp3) is 0.909. The average molecular weight is 212 g/mol. The van der Waals surface area contributed by atoms with Crippen LogP contribution >= 0.6 is 0 Å². The molecule has 15 heavy (non-hydrogen) atoms. The normalized spacial score (nSPS) is 30.9. The summed E-state index contributed by atoms with van der Waals surface area (Å²) in [5.41, 5.74) is 5.63. The molecule has 1 amide bonds. The second-order valence-electron chi connectivity index (χ2n) is 4.68. The van der Waals surface area contributed by atoms with E-state index in [0.29, 0.717) is 18.4 Å². The molecule has 0 bridgehead atoms. The van der Waals surface area contributed by atoms with Crippen molar-refractivity contribution >= 4 is 5.91 Å². The molecule has 2 fully saturated rings. The van der Waals surface area contributed by atoms with Gasteiger partial charge in [-0.15, -0.1) is 0 Å². The number of carbonyl (C=O) groups is 1. The summed E-state index contributed by atoms with van der Waals surface area (Å²) >= 11 is 0. The smallest absolute Gasteiger partial charge is 0.222 e. The molecule has 0 aromatic rings. The number of nitrogens with two attached hydrogens (primary N) is 1. The fourth-order valence-corrected chi connectivity index (χ4v) is 2.31. The standard InChI is InChI=1S/C11H20N2O2/c1-2-15-10-3-8(4-10)5-11(14)13-6-9(12)7-13/h8-10H,2-7,12H2,1H3. The summed E-state index contributed by atoms with van der Waals surface area (Å²) in [6.45, 7) is 4.30. The van der Waals surface area contributed by atoms with Gasteiger partial charge in [0.2, 0.25) is 5.91 Å². The Morgan fingerprint density at radius 3 is 2.67 bits per heavy atom. The van der Waals surface area contributed by atoms with Crippen LogP contribution in [0.15, 0.2) is 0 Å². The molecule has 4 heteroatoms. The highest BCUT2D eigenvalue weighted by atomic mass is 16.5. The van der Waals surface area contributed by atoms with Crippen molar-refractivity contribution in [2.24, 2.45) is 11.7 Å². The summed E-state index contributed by atoms with van der Waals surface area (Å²) in [5.74, 6) is 0.822. The summed E-state index contributed by atoms with van der Waals surface area (Å²) in [6.07, 6.45) is 3.21.